The first-order valence-corrected chi connectivity index (χ1v) is 8.69. The van der Waals surface area contributed by atoms with Gasteiger partial charge >= 0.3 is 0 Å². The van der Waals surface area contributed by atoms with Crippen molar-refractivity contribution in [3.8, 4) is 5.88 Å². The molecular weight excluding hydrogens is 320 g/mol. The van der Waals surface area contributed by atoms with Crippen LogP contribution in [0.15, 0.2) is 31.0 Å². The van der Waals surface area contributed by atoms with Gasteiger partial charge in [0.15, 0.2) is 0 Å². The van der Waals surface area contributed by atoms with E-state index < -0.39 is 0 Å². The first kappa shape index (κ1) is 17.3. The van der Waals surface area contributed by atoms with Crippen LogP contribution in [0.5, 0.6) is 5.88 Å². The Morgan fingerprint density at radius 2 is 2.00 bits per heavy atom. The highest BCUT2D eigenvalue weighted by Gasteiger charge is 2.23. The monoisotopic (exact) mass is 344 g/mol. The molecule has 0 unspecified atom stereocenters. The van der Waals surface area contributed by atoms with Crippen LogP contribution in [0.4, 0.5) is 0 Å². The summed E-state index contributed by atoms with van der Waals surface area (Å²) in [7, 11) is 0. The third kappa shape index (κ3) is 4.54. The summed E-state index contributed by atoms with van der Waals surface area (Å²) < 4.78 is 7.47. The van der Waals surface area contributed by atoms with Crippen LogP contribution < -0.4 is 4.74 Å². The van der Waals surface area contributed by atoms with Crippen molar-refractivity contribution in [1.82, 2.24) is 29.5 Å². The average molecular weight is 344 g/mol. The second-order valence-electron chi connectivity index (χ2n) is 5.98. The van der Waals surface area contributed by atoms with Gasteiger partial charge in [-0.15, -0.1) is 10.2 Å². The van der Waals surface area contributed by atoms with Gasteiger partial charge in [0.05, 0.1) is 6.61 Å². The number of rotatable bonds is 6. The van der Waals surface area contributed by atoms with Gasteiger partial charge in [-0.1, -0.05) is 0 Å². The van der Waals surface area contributed by atoms with Gasteiger partial charge in [-0.2, -0.15) is 0 Å². The lowest BCUT2D eigenvalue weighted by Gasteiger charge is -2.22. The van der Waals surface area contributed by atoms with E-state index in [0.29, 0.717) is 24.6 Å². The molecule has 0 atom stereocenters. The maximum atomic E-state index is 12.9. The zero-order valence-corrected chi connectivity index (χ0v) is 14.5. The standard InChI is InChI=1S/C17H24N6O2/c1-2-25-16-15(5-3-6-18-16)17(24)23-8-4-7-21(11-12-23)9-10-22-13-19-20-14-22/h3,5-6,13-14H,2,4,7-12H2,1H3. The lowest BCUT2D eigenvalue weighted by Crippen LogP contribution is -2.36. The summed E-state index contributed by atoms with van der Waals surface area (Å²) in [6, 6.07) is 3.56. The Bertz CT molecular complexity index is 676. The number of hydrogen-bond acceptors (Lipinski definition) is 6. The fraction of sp³-hybridized carbons (Fsp3) is 0.529. The van der Waals surface area contributed by atoms with E-state index in [1.54, 1.807) is 31.0 Å². The van der Waals surface area contributed by atoms with Crippen LogP contribution in [-0.4, -0.2) is 74.8 Å². The second-order valence-corrected chi connectivity index (χ2v) is 5.98. The molecule has 8 heteroatoms. The molecule has 0 aliphatic carbocycles. The lowest BCUT2D eigenvalue weighted by atomic mass is 10.2. The predicted molar refractivity (Wildman–Crippen MR) is 92.4 cm³/mol. The van der Waals surface area contributed by atoms with Gasteiger partial charge in [0.2, 0.25) is 5.88 Å². The minimum atomic E-state index is -0.00258. The average Bonchev–Trinajstić information content (AvgIpc) is 3.04. The minimum absolute atomic E-state index is 0.00258. The molecule has 1 aliphatic rings. The van der Waals surface area contributed by atoms with Crippen molar-refractivity contribution < 1.29 is 9.53 Å². The van der Waals surface area contributed by atoms with Gasteiger partial charge in [0.1, 0.15) is 18.2 Å². The SMILES string of the molecule is CCOc1ncccc1C(=O)N1CCCN(CCn2cnnc2)CC1. The molecule has 3 heterocycles. The van der Waals surface area contributed by atoms with Gasteiger partial charge in [-0.05, 0) is 32.0 Å². The van der Waals surface area contributed by atoms with E-state index in [9.17, 15) is 4.79 Å². The molecular formula is C17H24N6O2. The van der Waals surface area contributed by atoms with Crippen molar-refractivity contribution in [2.45, 2.75) is 19.9 Å². The second kappa shape index (κ2) is 8.57. The molecule has 134 valence electrons. The maximum absolute atomic E-state index is 12.9. The van der Waals surface area contributed by atoms with Gasteiger partial charge in [-0.3, -0.25) is 9.69 Å². The van der Waals surface area contributed by atoms with Gasteiger partial charge < -0.3 is 14.2 Å². The van der Waals surface area contributed by atoms with E-state index in [2.05, 4.69) is 20.1 Å². The summed E-state index contributed by atoms with van der Waals surface area (Å²) >= 11 is 0. The highest BCUT2D eigenvalue weighted by molar-refractivity contribution is 5.96. The van der Waals surface area contributed by atoms with Crippen molar-refractivity contribution in [1.29, 1.82) is 0 Å². The van der Waals surface area contributed by atoms with Crippen LogP contribution in [0.3, 0.4) is 0 Å². The maximum Gasteiger partial charge on any atom is 0.259 e. The molecule has 2 aromatic rings. The molecule has 0 spiro atoms. The van der Waals surface area contributed by atoms with Crippen molar-refractivity contribution in [2.75, 3.05) is 39.3 Å². The number of aromatic nitrogens is 4. The molecule has 8 nitrogen and oxygen atoms in total. The Hall–Kier alpha value is -2.48. The van der Waals surface area contributed by atoms with Gasteiger partial charge in [0, 0.05) is 38.9 Å². The molecule has 1 saturated heterocycles. The Morgan fingerprint density at radius 3 is 2.80 bits per heavy atom. The smallest absolute Gasteiger partial charge is 0.259 e. The third-order valence-electron chi connectivity index (χ3n) is 4.30. The summed E-state index contributed by atoms with van der Waals surface area (Å²) in [6.45, 7) is 7.48. The predicted octanol–water partition coefficient (Wildman–Crippen LogP) is 0.920. The van der Waals surface area contributed by atoms with Gasteiger partial charge in [-0.25, -0.2) is 4.98 Å². The Morgan fingerprint density at radius 1 is 1.16 bits per heavy atom. The summed E-state index contributed by atoms with van der Waals surface area (Å²) in [4.78, 5) is 21.3. The number of carbonyl (C=O) groups is 1. The molecule has 3 rings (SSSR count). The molecule has 0 aromatic carbocycles. The number of ether oxygens (including phenoxy) is 1. The molecule has 0 saturated carbocycles. The van der Waals surface area contributed by atoms with Gasteiger partial charge in [0.25, 0.3) is 5.91 Å². The quantitative estimate of drug-likeness (QED) is 0.776. The molecule has 2 aromatic heterocycles. The molecule has 0 bridgehead atoms. The fourth-order valence-corrected chi connectivity index (χ4v) is 2.97. The van der Waals surface area contributed by atoms with E-state index >= 15 is 0 Å². The first-order chi connectivity index (χ1) is 12.3. The van der Waals surface area contributed by atoms with Crippen molar-refractivity contribution >= 4 is 5.91 Å². The summed E-state index contributed by atoms with van der Waals surface area (Å²) in [5.41, 5.74) is 0.544. The van der Waals surface area contributed by atoms with Crippen LogP contribution in [-0.2, 0) is 6.54 Å². The molecule has 1 amide bonds. The van der Waals surface area contributed by atoms with Crippen LogP contribution in [0.25, 0.3) is 0 Å². The topological polar surface area (TPSA) is 76.4 Å². The Labute approximate surface area is 147 Å². The van der Waals surface area contributed by atoms with E-state index in [-0.39, 0.29) is 5.91 Å². The van der Waals surface area contributed by atoms with E-state index in [1.165, 1.54) is 0 Å². The lowest BCUT2D eigenvalue weighted by molar-refractivity contribution is 0.0756. The van der Waals surface area contributed by atoms with Crippen LogP contribution in [0.2, 0.25) is 0 Å². The number of pyridine rings is 1. The summed E-state index contributed by atoms with van der Waals surface area (Å²) in [6.07, 6.45) is 6.06. The highest BCUT2D eigenvalue weighted by atomic mass is 16.5. The van der Waals surface area contributed by atoms with Crippen molar-refractivity contribution in [3.05, 3.63) is 36.5 Å². The highest BCUT2D eigenvalue weighted by Crippen LogP contribution is 2.18. The summed E-state index contributed by atoms with van der Waals surface area (Å²) in [5, 5.41) is 7.64. The normalized spacial score (nSPS) is 15.8. The fourth-order valence-electron chi connectivity index (χ4n) is 2.97. The van der Waals surface area contributed by atoms with E-state index in [1.807, 2.05) is 16.4 Å². The number of carbonyl (C=O) groups excluding carboxylic acids is 1. The van der Waals surface area contributed by atoms with Crippen molar-refractivity contribution in [3.63, 3.8) is 0 Å². The van der Waals surface area contributed by atoms with E-state index in [4.69, 9.17) is 4.74 Å². The molecule has 1 fully saturated rings. The van der Waals surface area contributed by atoms with Crippen LogP contribution in [0.1, 0.15) is 23.7 Å². The Kier molecular flexibility index (Phi) is 5.95. The number of nitrogens with zero attached hydrogens (tertiary/aromatic N) is 6. The minimum Gasteiger partial charge on any atom is -0.477 e. The molecule has 0 N–H and O–H groups in total. The molecule has 25 heavy (non-hydrogen) atoms. The van der Waals surface area contributed by atoms with E-state index in [0.717, 1.165) is 39.1 Å². The zero-order chi connectivity index (χ0) is 17.5. The largest absolute Gasteiger partial charge is 0.477 e. The summed E-state index contributed by atoms with van der Waals surface area (Å²) in [5.74, 6) is 0.418. The Balaban J connectivity index is 1.58. The van der Waals surface area contributed by atoms with Crippen LogP contribution >= 0.6 is 0 Å². The first-order valence-electron chi connectivity index (χ1n) is 8.69. The molecule has 1 aliphatic heterocycles. The third-order valence-corrected chi connectivity index (χ3v) is 4.30. The molecule has 0 radical (unpaired) electrons. The van der Waals surface area contributed by atoms with Crippen LogP contribution in [0, 0.1) is 0 Å². The van der Waals surface area contributed by atoms with Crippen molar-refractivity contribution in [2.24, 2.45) is 0 Å². The number of amides is 1. The number of hydrogen-bond donors (Lipinski definition) is 0. The zero-order valence-electron chi connectivity index (χ0n) is 14.5.